The van der Waals surface area contributed by atoms with Crippen LogP contribution in [0.15, 0.2) is 11.6 Å². The quantitative estimate of drug-likeness (QED) is 0.745. The van der Waals surface area contributed by atoms with Gasteiger partial charge in [0.25, 0.3) is 0 Å². The van der Waals surface area contributed by atoms with E-state index in [0.29, 0.717) is 12.8 Å². The lowest BCUT2D eigenvalue weighted by Crippen LogP contribution is -2.60. The van der Waals surface area contributed by atoms with Crippen LogP contribution >= 0.6 is 0 Å². The number of rotatable bonds is 2. The molecule has 0 aromatic heterocycles. The Labute approximate surface area is 157 Å². The molecule has 5 nitrogen and oxygen atoms in total. The maximum absolute atomic E-state index is 15.1. The smallest absolute Gasteiger partial charge is 0.163 e. The van der Waals surface area contributed by atoms with Gasteiger partial charge in [0, 0.05) is 18.3 Å². The lowest BCUT2D eigenvalue weighted by molar-refractivity contribution is -0.157. The number of alkyl halides is 1. The largest absolute Gasteiger partial charge is 0.389 e. The molecule has 0 radical (unpaired) electrons. The maximum atomic E-state index is 15.1. The van der Waals surface area contributed by atoms with Crippen LogP contribution in [0.4, 0.5) is 4.39 Å². The Hall–Kier alpha value is -1.69. The Kier molecular flexibility index (Phi) is 4.08. The number of Topliss-reactive ketones (excluding diaryl/α,β-unsaturated/α-hetero) is 3. The maximum Gasteiger partial charge on any atom is 0.163 e. The molecule has 27 heavy (non-hydrogen) atoms. The number of allylic oxidation sites excluding steroid dienone is 1. The van der Waals surface area contributed by atoms with E-state index in [2.05, 4.69) is 0 Å². The number of carbonyl (C=O) groups is 4. The third-order valence-electron chi connectivity index (χ3n) is 8.07. The third kappa shape index (κ3) is 2.31. The zero-order chi connectivity index (χ0) is 19.7. The first kappa shape index (κ1) is 18.7. The van der Waals surface area contributed by atoms with Crippen molar-refractivity contribution in [3.63, 3.8) is 0 Å². The number of aliphatic hydroxyl groups is 1. The summed E-state index contributed by atoms with van der Waals surface area (Å²) in [6, 6.07) is 0. The van der Waals surface area contributed by atoms with Gasteiger partial charge < -0.3 is 5.11 Å². The van der Waals surface area contributed by atoms with Gasteiger partial charge in [0.05, 0.1) is 11.8 Å². The van der Waals surface area contributed by atoms with Crippen LogP contribution in [-0.4, -0.2) is 41.0 Å². The van der Waals surface area contributed by atoms with Gasteiger partial charge >= 0.3 is 0 Å². The first-order valence-electron chi connectivity index (χ1n) is 9.73. The highest BCUT2D eigenvalue weighted by molar-refractivity contribution is 6.13. The molecule has 3 fully saturated rings. The number of fused-ring (bicyclic) bond motifs is 5. The monoisotopic (exact) mass is 376 g/mol. The molecule has 0 heterocycles. The second-order valence-corrected chi connectivity index (χ2v) is 9.22. The SMILES string of the molecule is C[C@]12C(=O)CC(=O)C=C1C(F)C[C@@H]1[C@@H]2C(=O)C[C@]2(C)[C@@H](C(=O)CO)CC[C@@H]12. The van der Waals surface area contributed by atoms with Crippen molar-refractivity contribution in [2.45, 2.75) is 52.1 Å². The molecule has 146 valence electrons. The van der Waals surface area contributed by atoms with Crippen LogP contribution in [-0.2, 0) is 19.2 Å². The predicted octanol–water partition coefficient (Wildman–Crippen LogP) is 2.00. The fraction of sp³-hybridized carbons (Fsp3) is 0.714. The summed E-state index contributed by atoms with van der Waals surface area (Å²) in [6.45, 7) is 2.99. The molecule has 0 bridgehead atoms. The van der Waals surface area contributed by atoms with Crippen LogP contribution in [0.25, 0.3) is 0 Å². The molecule has 0 aromatic rings. The van der Waals surface area contributed by atoms with Crippen molar-refractivity contribution in [3.8, 4) is 0 Å². The minimum atomic E-state index is -1.42. The average Bonchev–Trinajstić information content (AvgIpc) is 2.93. The first-order valence-corrected chi connectivity index (χ1v) is 9.73. The Balaban J connectivity index is 1.79. The van der Waals surface area contributed by atoms with E-state index >= 15 is 4.39 Å². The zero-order valence-electron chi connectivity index (χ0n) is 15.7. The van der Waals surface area contributed by atoms with Crippen molar-refractivity contribution in [2.75, 3.05) is 6.61 Å². The Bertz CT molecular complexity index is 785. The Morgan fingerprint density at radius 1 is 1.26 bits per heavy atom. The van der Waals surface area contributed by atoms with Gasteiger partial charge in [-0.1, -0.05) is 6.92 Å². The molecule has 0 aromatic carbocycles. The third-order valence-corrected chi connectivity index (χ3v) is 8.07. The summed E-state index contributed by atoms with van der Waals surface area (Å²) in [4.78, 5) is 50.2. The van der Waals surface area contributed by atoms with E-state index in [1.54, 1.807) is 6.92 Å². The highest BCUT2D eigenvalue weighted by Crippen LogP contribution is 2.65. The number of halogens is 1. The van der Waals surface area contributed by atoms with Crippen molar-refractivity contribution in [3.05, 3.63) is 11.6 Å². The van der Waals surface area contributed by atoms with Crippen LogP contribution in [0.3, 0.4) is 0 Å². The fourth-order valence-corrected chi connectivity index (χ4v) is 6.88. The van der Waals surface area contributed by atoms with Gasteiger partial charge in [0.2, 0.25) is 0 Å². The van der Waals surface area contributed by atoms with E-state index in [0.717, 1.165) is 0 Å². The molecule has 4 aliphatic rings. The number of hydrogen-bond acceptors (Lipinski definition) is 5. The molecule has 1 N–H and O–H groups in total. The molecule has 0 spiro atoms. The molecule has 0 saturated heterocycles. The molecule has 4 aliphatic carbocycles. The van der Waals surface area contributed by atoms with Gasteiger partial charge in [-0.3, -0.25) is 19.2 Å². The first-order chi connectivity index (χ1) is 12.6. The van der Waals surface area contributed by atoms with Gasteiger partial charge in [-0.2, -0.15) is 0 Å². The van der Waals surface area contributed by atoms with Crippen LogP contribution in [0.2, 0.25) is 0 Å². The van der Waals surface area contributed by atoms with E-state index in [1.165, 1.54) is 6.08 Å². The van der Waals surface area contributed by atoms with Gasteiger partial charge in [-0.25, -0.2) is 4.39 Å². The number of carbonyl (C=O) groups excluding carboxylic acids is 4. The van der Waals surface area contributed by atoms with Gasteiger partial charge in [-0.15, -0.1) is 0 Å². The van der Waals surface area contributed by atoms with Crippen molar-refractivity contribution >= 4 is 23.1 Å². The van der Waals surface area contributed by atoms with Crippen molar-refractivity contribution < 1.29 is 28.7 Å². The standard InChI is InChI=1S/C21H25FO5/c1-20-8-16(25)19-11(12(20)3-4-13(20)17(26)9-23)7-15(22)14-5-10(24)6-18(27)21(14,19)2/h5,11-13,15,19,23H,3-4,6-9H2,1-2H3/t11-,12-,13+,15?,19+,20-,21+/m0/s1. The highest BCUT2D eigenvalue weighted by atomic mass is 19.1. The second-order valence-electron chi connectivity index (χ2n) is 9.22. The topological polar surface area (TPSA) is 88.5 Å². The fourth-order valence-electron chi connectivity index (χ4n) is 6.88. The summed E-state index contributed by atoms with van der Waals surface area (Å²) < 4.78 is 15.1. The minimum Gasteiger partial charge on any atom is -0.389 e. The normalized spacial score (nSPS) is 46.4. The molecule has 3 saturated carbocycles. The van der Waals surface area contributed by atoms with E-state index in [-0.39, 0.29) is 54.0 Å². The number of ketones is 4. The molecular formula is C21H25FO5. The van der Waals surface area contributed by atoms with Crippen LogP contribution in [0, 0.1) is 34.5 Å². The molecule has 1 unspecified atom stereocenters. The minimum absolute atomic E-state index is 0.0391. The van der Waals surface area contributed by atoms with Crippen molar-refractivity contribution in [1.82, 2.24) is 0 Å². The molecule has 4 rings (SSSR count). The average molecular weight is 376 g/mol. The van der Waals surface area contributed by atoms with Crippen LogP contribution < -0.4 is 0 Å². The van der Waals surface area contributed by atoms with E-state index < -0.39 is 41.2 Å². The summed E-state index contributed by atoms with van der Waals surface area (Å²) in [5, 5.41) is 9.32. The number of hydrogen-bond donors (Lipinski definition) is 1. The molecule has 6 heteroatoms. The van der Waals surface area contributed by atoms with Gasteiger partial charge in [-0.05, 0) is 55.1 Å². The molecule has 0 aliphatic heterocycles. The lowest BCUT2D eigenvalue weighted by atomic mass is 9.45. The van der Waals surface area contributed by atoms with E-state index in [9.17, 15) is 24.3 Å². The highest BCUT2D eigenvalue weighted by Gasteiger charge is 2.66. The van der Waals surface area contributed by atoms with Crippen LogP contribution in [0.5, 0.6) is 0 Å². The number of aliphatic hydroxyl groups excluding tert-OH is 1. The van der Waals surface area contributed by atoms with E-state index in [4.69, 9.17) is 0 Å². The second kappa shape index (κ2) is 5.90. The Morgan fingerprint density at radius 2 is 1.96 bits per heavy atom. The Morgan fingerprint density at radius 3 is 2.63 bits per heavy atom. The van der Waals surface area contributed by atoms with Crippen molar-refractivity contribution in [2.24, 2.45) is 34.5 Å². The van der Waals surface area contributed by atoms with Crippen LogP contribution in [0.1, 0.15) is 46.0 Å². The molecule has 7 atom stereocenters. The summed E-state index contributed by atoms with van der Waals surface area (Å²) in [7, 11) is 0. The summed E-state index contributed by atoms with van der Waals surface area (Å²) in [5.41, 5.74) is -1.68. The van der Waals surface area contributed by atoms with E-state index in [1.807, 2.05) is 6.92 Å². The van der Waals surface area contributed by atoms with Crippen molar-refractivity contribution in [1.29, 1.82) is 0 Å². The van der Waals surface area contributed by atoms with Gasteiger partial charge in [0.15, 0.2) is 17.3 Å². The van der Waals surface area contributed by atoms with Gasteiger partial charge in [0.1, 0.15) is 18.6 Å². The summed E-state index contributed by atoms with van der Waals surface area (Å²) in [6.07, 6.45) is 1.09. The summed E-state index contributed by atoms with van der Waals surface area (Å²) in [5.74, 6) is -2.51. The molecule has 0 amide bonds. The summed E-state index contributed by atoms with van der Waals surface area (Å²) >= 11 is 0. The zero-order valence-corrected chi connectivity index (χ0v) is 15.7. The lowest BCUT2D eigenvalue weighted by Gasteiger charge is -2.56. The molecular weight excluding hydrogens is 351 g/mol. The predicted molar refractivity (Wildman–Crippen MR) is 93.4 cm³/mol.